The second-order valence-corrected chi connectivity index (χ2v) is 8.76. The molecule has 2 aliphatic rings. The maximum Gasteiger partial charge on any atom is 0.255 e. The Morgan fingerprint density at radius 3 is 2.79 bits per heavy atom. The third kappa shape index (κ3) is 3.63. The molecule has 2 unspecified atom stereocenters. The highest BCUT2D eigenvalue weighted by molar-refractivity contribution is 5.60. The lowest BCUT2D eigenvalue weighted by atomic mass is 10.2. The van der Waals surface area contributed by atoms with Gasteiger partial charge < -0.3 is 14.5 Å². The van der Waals surface area contributed by atoms with E-state index >= 15 is 0 Å². The molecule has 4 heterocycles. The van der Waals surface area contributed by atoms with Crippen LogP contribution < -0.4 is 15.4 Å². The van der Waals surface area contributed by atoms with Gasteiger partial charge in [-0.2, -0.15) is 0 Å². The molecular formula is C21H26FN9O2. The van der Waals surface area contributed by atoms with Crippen molar-refractivity contribution >= 4 is 11.9 Å². The van der Waals surface area contributed by atoms with E-state index in [4.69, 9.17) is 4.74 Å². The molecule has 1 aliphatic heterocycles. The molecule has 0 spiro atoms. The van der Waals surface area contributed by atoms with Crippen LogP contribution in [0.5, 0.6) is 0 Å². The Balaban J connectivity index is 1.35. The van der Waals surface area contributed by atoms with E-state index in [0.29, 0.717) is 30.1 Å². The summed E-state index contributed by atoms with van der Waals surface area (Å²) in [5, 5.41) is 12.2. The zero-order chi connectivity index (χ0) is 23.3. The lowest BCUT2D eigenvalue weighted by Crippen LogP contribution is -2.37. The van der Waals surface area contributed by atoms with E-state index in [9.17, 15) is 9.18 Å². The monoisotopic (exact) mass is 455 g/mol. The Morgan fingerprint density at radius 2 is 2.09 bits per heavy atom. The van der Waals surface area contributed by atoms with Crippen LogP contribution in [0, 0.1) is 17.7 Å². The molecule has 0 aromatic carbocycles. The first-order valence-electron chi connectivity index (χ1n) is 10.8. The molecular weight excluding hydrogens is 429 g/mol. The van der Waals surface area contributed by atoms with E-state index in [1.165, 1.54) is 22.9 Å². The molecule has 3 aromatic rings. The van der Waals surface area contributed by atoms with Crippen molar-refractivity contribution in [2.24, 2.45) is 18.9 Å². The summed E-state index contributed by atoms with van der Waals surface area (Å²) < 4.78 is 22.8. The Labute approximate surface area is 189 Å². The molecule has 1 aliphatic carbocycles. The summed E-state index contributed by atoms with van der Waals surface area (Å²) in [7, 11) is 5.28. The van der Waals surface area contributed by atoms with E-state index in [2.05, 4.69) is 30.4 Å². The van der Waals surface area contributed by atoms with Gasteiger partial charge in [0.1, 0.15) is 0 Å². The molecule has 33 heavy (non-hydrogen) atoms. The van der Waals surface area contributed by atoms with Gasteiger partial charge in [0.05, 0.1) is 24.5 Å². The van der Waals surface area contributed by atoms with Crippen molar-refractivity contribution in [3.8, 4) is 11.3 Å². The zero-order valence-corrected chi connectivity index (χ0v) is 19.0. The summed E-state index contributed by atoms with van der Waals surface area (Å²) >= 11 is 0. The van der Waals surface area contributed by atoms with Crippen molar-refractivity contribution < 1.29 is 9.13 Å². The number of hydrogen-bond acceptors (Lipinski definition) is 9. The molecule has 5 rings (SSSR count). The summed E-state index contributed by atoms with van der Waals surface area (Å²) in [6, 6.07) is 3.15. The molecule has 0 radical (unpaired) electrons. The first-order chi connectivity index (χ1) is 15.9. The van der Waals surface area contributed by atoms with Crippen molar-refractivity contribution in [1.29, 1.82) is 0 Å². The van der Waals surface area contributed by atoms with Crippen molar-refractivity contribution in [3.63, 3.8) is 0 Å². The van der Waals surface area contributed by atoms with Crippen molar-refractivity contribution in [1.82, 2.24) is 34.7 Å². The fourth-order valence-electron chi connectivity index (χ4n) is 4.92. The topological polar surface area (TPSA) is 107 Å². The second-order valence-electron chi connectivity index (χ2n) is 8.76. The molecule has 11 nitrogen and oxygen atoms in total. The van der Waals surface area contributed by atoms with Crippen LogP contribution in [0.1, 0.15) is 13.0 Å². The Hall–Kier alpha value is -3.41. The smallest absolute Gasteiger partial charge is 0.255 e. The summed E-state index contributed by atoms with van der Waals surface area (Å²) in [5.74, 6) is 1.55. The molecule has 174 valence electrons. The molecule has 3 aromatic heterocycles. The van der Waals surface area contributed by atoms with E-state index in [1.54, 1.807) is 18.8 Å². The van der Waals surface area contributed by atoms with Gasteiger partial charge in [0.2, 0.25) is 11.9 Å². The molecule has 2 fully saturated rings. The lowest BCUT2D eigenvalue weighted by molar-refractivity contribution is 0.156. The van der Waals surface area contributed by atoms with Crippen LogP contribution in [0.2, 0.25) is 0 Å². The van der Waals surface area contributed by atoms with Gasteiger partial charge >= 0.3 is 0 Å². The van der Waals surface area contributed by atoms with E-state index < -0.39 is 5.82 Å². The number of piperidine rings is 1. The summed E-state index contributed by atoms with van der Waals surface area (Å²) in [6.45, 7) is 4.17. The quantitative estimate of drug-likeness (QED) is 0.510. The predicted octanol–water partition coefficient (Wildman–Crippen LogP) is 0.746. The number of rotatable bonds is 7. The van der Waals surface area contributed by atoms with Crippen LogP contribution >= 0.6 is 0 Å². The number of hydrogen-bond donors (Lipinski definition) is 0. The highest BCUT2D eigenvalue weighted by Crippen LogP contribution is 2.50. The molecule has 1 saturated heterocycles. The van der Waals surface area contributed by atoms with E-state index in [-0.39, 0.29) is 23.2 Å². The van der Waals surface area contributed by atoms with Crippen LogP contribution in [0.4, 0.5) is 16.3 Å². The van der Waals surface area contributed by atoms with Gasteiger partial charge in [-0.25, -0.2) is 14.1 Å². The van der Waals surface area contributed by atoms with Gasteiger partial charge in [-0.15, -0.1) is 0 Å². The van der Waals surface area contributed by atoms with E-state index in [1.807, 2.05) is 18.9 Å². The highest BCUT2D eigenvalue weighted by Gasteiger charge is 2.59. The number of nitrogens with zero attached hydrogens (tertiary/aromatic N) is 9. The van der Waals surface area contributed by atoms with Gasteiger partial charge in [-0.1, -0.05) is 5.10 Å². The van der Waals surface area contributed by atoms with Gasteiger partial charge in [-0.05, 0) is 23.4 Å². The van der Waals surface area contributed by atoms with Crippen molar-refractivity contribution in [3.05, 3.63) is 40.7 Å². The second kappa shape index (κ2) is 8.18. The average molecular weight is 455 g/mol. The third-order valence-electron chi connectivity index (χ3n) is 6.65. The largest absolute Gasteiger partial charge is 0.382 e. The van der Waals surface area contributed by atoms with Gasteiger partial charge in [0.15, 0.2) is 5.82 Å². The third-order valence-corrected chi connectivity index (χ3v) is 6.65. The SMILES string of the molecule is COCC(C)n1nnnc1N1C[C@@H]2C(N(C)c3nc(-c4ccncc4F)cc(=O)n3C)[C@@H]2C1. The number of methoxy groups -OCH3 is 1. The maximum atomic E-state index is 14.3. The maximum absolute atomic E-state index is 14.3. The molecule has 0 N–H and O–H groups in total. The highest BCUT2D eigenvalue weighted by atomic mass is 19.1. The normalized spacial score (nSPS) is 22.3. The molecule has 0 bridgehead atoms. The van der Waals surface area contributed by atoms with Crippen LogP contribution in [0.3, 0.4) is 0 Å². The Bertz CT molecular complexity index is 1220. The Kier molecular flexibility index (Phi) is 5.31. The molecule has 12 heteroatoms. The zero-order valence-electron chi connectivity index (χ0n) is 19.0. The molecule has 0 amide bonds. The number of halogens is 1. The average Bonchev–Trinajstić information content (AvgIpc) is 3.15. The lowest BCUT2D eigenvalue weighted by Gasteiger charge is -2.27. The summed E-state index contributed by atoms with van der Waals surface area (Å²) in [6.07, 6.45) is 2.61. The minimum atomic E-state index is -0.508. The Morgan fingerprint density at radius 1 is 1.33 bits per heavy atom. The fraction of sp³-hybridized carbons (Fsp3) is 0.524. The number of anilines is 2. The van der Waals surface area contributed by atoms with Crippen LogP contribution in [0.25, 0.3) is 11.3 Å². The van der Waals surface area contributed by atoms with E-state index in [0.717, 1.165) is 25.2 Å². The van der Waals surface area contributed by atoms with Gasteiger partial charge in [0, 0.05) is 70.0 Å². The summed E-state index contributed by atoms with van der Waals surface area (Å²) in [4.78, 5) is 25.3. The van der Waals surface area contributed by atoms with Gasteiger partial charge in [-0.3, -0.25) is 14.3 Å². The van der Waals surface area contributed by atoms with Crippen LogP contribution in [-0.4, -0.2) is 74.6 Å². The first kappa shape index (κ1) is 21.4. The standard InChI is InChI=1S/C21H26FN9O2/c1-12(11-33-4)31-21(25-26-27-31)30-9-14-15(10-30)19(14)29(3)20-24-17(7-18(32)28(20)2)13-5-6-23-8-16(13)22/h5-8,12,14-15,19H,9-11H2,1-4H3/t12?,14-,15+,19?. The minimum Gasteiger partial charge on any atom is -0.382 e. The van der Waals surface area contributed by atoms with Crippen molar-refractivity contribution in [2.45, 2.75) is 19.0 Å². The molecule has 4 atom stereocenters. The minimum absolute atomic E-state index is 0.0328. The first-order valence-corrected chi connectivity index (χ1v) is 10.8. The number of tetrazole rings is 1. The number of pyridine rings is 1. The van der Waals surface area contributed by atoms with Crippen molar-refractivity contribution in [2.75, 3.05) is 43.7 Å². The van der Waals surface area contributed by atoms with Gasteiger partial charge in [0.25, 0.3) is 5.56 Å². The summed E-state index contributed by atoms with van der Waals surface area (Å²) in [5.41, 5.74) is 0.326. The fourth-order valence-corrected chi connectivity index (χ4v) is 4.92. The number of aromatic nitrogens is 7. The van der Waals surface area contributed by atoms with Crippen LogP contribution in [0.15, 0.2) is 29.3 Å². The molecule has 1 saturated carbocycles. The van der Waals surface area contributed by atoms with Crippen LogP contribution in [-0.2, 0) is 11.8 Å². The number of ether oxygens (including phenoxy) is 1. The predicted molar refractivity (Wildman–Crippen MR) is 118 cm³/mol. The number of fused-ring (bicyclic) bond motifs is 1.